The fourth-order valence-corrected chi connectivity index (χ4v) is 2.64. The van der Waals surface area contributed by atoms with Gasteiger partial charge in [-0.3, -0.25) is 19.9 Å². The maximum atomic E-state index is 12.3. The first-order valence-corrected chi connectivity index (χ1v) is 6.61. The molecule has 3 unspecified atom stereocenters. The highest BCUT2D eigenvalue weighted by atomic mass is 16.5. The Kier molecular flexibility index (Phi) is 4.19. The summed E-state index contributed by atoms with van der Waals surface area (Å²) in [6.07, 6.45) is 1.87. The lowest BCUT2D eigenvalue weighted by atomic mass is 9.92. The third-order valence-electron chi connectivity index (χ3n) is 3.59. The van der Waals surface area contributed by atoms with E-state index < -0.39 is 0 Å². The molecular weight excluding hydrogens is 234 g/mol. The van der Waals surface area contributed by atoms with Gasteiger partial charge < -0.3 is 4.74 Å². The molecular formula is C12H21N3O3. The Morgan fingerprint density at radius 2 is 2.33 bits per heavy atom. The SMILES string of the molecule is CCOC(=O)CCC1C(=O)N2NCCC2NC1C. The average Bonchev–Trinajstić information content (AvgIpc) is 2.77. The molecule has 2 aliphatic rings. The predicted octanol–water partition coefficient (Wildman–Crippen LogP) is 0.000600. The average molecular weight is 255 g/mol. The van der Waals surface area contributed by atoms with Crippen LogP contribution in [0.3, 0.4) is 0 Å². The van der Waals surface area contributed by atoms with Crippen LogP contribution in [0.15, 0.2) is 0 Å². The van der Waals surface area contributed by atoms with Crippen LogP contribution in [0, 0.1) is 5.92 Å². The number of amides is 1. The second kappa shape index (κ2) is 5.67. The van der Waals surface area contributed by atoms with Crippen molar-refractivity contribution in [1.29, 1.82) is 0 Å². The van der Waals surface area contributed by atoms with E-state index in [0.29, 0.717) is 19.4 Å². The second-order valence-electron chi connectivity index (χ2n) is 4.83. The minimum Gasteiger partial charge on any atom is -0.466 e. The Hall–Kier alpha value is -1.14. The molecule has 0 saturated carbocycles. The zero-order valence-electron chi connectivity index (χ0n) is 10.9. The van der Waals surface area contributed by atoms with Gasteiger partial charge >= 0.3 is 5.97 Å². The topological polar surface area (TPSA) is 70.7 Å². The molecule has 0 aromatic heterocycles. The van der Waals surface area contributed by atoms with E-state index in [2.05, 4.69) is 10.7 Å². The molecule has 0 aromatic rings. The van der Waals surface area contributed by atoms with Crippen LogP contribution in [0.1, 0.15) is 33.1 Å². The quantitative estimate of drug-likeness (QED) is 0.692. The van der Waals surface area contributed by atoms with E-state index in [1.54, 1.807) is 11.9 Å². The Labute approximate surface area is 107 Å². The Morgan fingerprint density at radius 3 is 3.06 bits per heavy atom. The lowest BCUT2D eigenvalue weighted by Crippen LogP contribution is -2.62. The number of fused-ring (bicyclic) bond motifs is 1. The molecule has 2 fully saturated rings. The molecule has 2 aliphatic heterocycles. The van der Waals surface area contributed by atoms with E-state index in [0.717, 1.165) is 13.0 Å². The van der Waals surface area contributed by atoms with E-state index in [1.165, 1.54) is 0 Å². The van der Waals surface area contributed by atoms with Crippen molar-refractivity contribution in [2.24, 2.45) is 5.92 Å². The van der Waals surface area contributed by atoms with Crippen molar-refractivity contribution in [3.05, 3.63) is 0 Å². The zero-order valence-corrected chi connectivity index (χ0v) is 10.9. The van der Waals surface area contributed by atoms with E-state index >= 15 is 0 Å². The normalized spacial score (nSPS) is 31.3. The van der Waals surface area contributed by atoms with Crippen LogP contribution in [0.2, 0.25) is 0 Å². The third kappa shape index (κ3) is 2.64. The van der Waals surface area contributed by atoms with E-state index in [-0.39, 0.29) is 30.0 Å². The summed E-state index contributed by atoms with van der Waals surface area (Å²) in [6, 6.07) is 0.105. The predicted molar refractivity (Wildman–Crippen MR) is 65.2 cm³/mol. The molecule has 0 aromatic carbocycles. The summed E-state index contributed by atoms with van der Waals surface area (Å²) in [5.41, 5.74) is 3.08. The molecule has 0 radical (unpaired) electrons. The van der Waals surface area contributed by atoms with Crippen molar-refractivity contribution in [2.45, 2.75) is 45.3 Å². The van der Waals surface area contributed by atoms with Crippen molar-refractivity contribution >= 4 is 11.9 Å². The van der Waals surface area contributed by atoms with Crippen LogP contribution in [-0.2, 0) is 14.3 Å². The highest BCUT2D eigenvalue weighted by Gasteiger charge is 2.41. The van der Waals surface area contributed by atoms with Gasteiger partial charge in [0.05, 0.1) is 18.7 Å². The Morgan fingerprint density at radius 1 is 1.56 bits per heavy atom. The van der Waals surface area contributed by atoms with Gasteiger partial charge in [-0.2, -0.15) is 0 Å². The Balaban J connectivity index is 1.91. The molecule has 2 saturated heterocycles. The van der Waals surface area contributed by atoms with E-state index in [1.807, 2.05) is 6.92 Å². The number of carbonyl (C=O) groups excluding carboxylic acids is 2. The molecule has 0 bridgehead atoms. The fourth-order valence-electron chi connectivity index (χ4n) is 2.64. The molecule has 2 rings (SSSR count). The maximum absolute atomic E-state index is 12.3. The number of hydrazine groups is 1. The maximum Gasteiger partial charge on any atom is 0.305 e. The number of rotatable bonds is 4. The standard InChI is InChI=1S/C12H21N3O3/c1-3-18-11(16)5-4-9-8(2)14-10-6-7-13-15(10)12(9)17/h8-10,13-14H,3-7H2,1-2H3. The third-order valence-corrected chi connectivity index (χ3v) is 3.59. The highest BCUT2D eigenvalue weighted by Crippen LogP contribution is 2.24. The molecule has 102 valence electrons. The van der Waals surface area contributed by atoms with Gasteiger partial charge in [0.1, 0.15) is 0 Å². The summed E-state index contributed by atoms with van der Waals surface area (Å²) in [5, 5.41) is 5.08. The molecule has 18 heavy (non-hydrogen) atoms. The number of hydrogen-bond acceptors (Lipinski definition) is 5. The summed E-state index contributed by atoms with van der Waals surface area (Å²) < 4.78 is 4.89. The zero-order chi connectivity index (χ0) is 13.1. The fraction of sp³-hybridized carbons (Fsp3) is 0.833. The molecule has 1 amide bonds. The largest absolute Gasteiger partial charge is 0.466 e. The smallest absolute Gasteiger partial charge is 0.305 e. The van der Waals surface area contributed by atoms with Crippen molar-refractivity contribution in [2.75, 3.05) is 13.2 Å². The van der Waals surface area contributed by atoms with Gasteiger partial charge in [-0.05, 0) is 26.7 Å². The van der Waals surface area contributed by atoms with E-state index in [4.69, 9.17) is 4.74 Å². The van der Waals surface area contributed by atoms with Crippen LogP contribution in [0.4, 0.5) is 0 Å². The molecule has 2 heterocycles. The van der Waals surface area contributed by atoms with Crippen LogP contribution >= 0.6 is 0 Å². The lowest BCUT2D eigenvalue weighted by Gasteiger charge is -2.39. The minimum atomic E-state index is -0.228. The molecule has 6 heteroatoms. The Bertz CT molecular complexity index is 335. The van der Waals surface area contributed by atoms with Gasteiger partial charge in [-0.15, -0.1) is 0 Å². The molecule has 0 aliphatic carbocycles. The number of esters is 1. The second-order valence-corrected chi connectivity index (χ2v) is 4.83. The van der Waals surface area contributed by atoms with Gasteiger partial charge in [0, 0.05) is 19.0 Å². The first kappa shape index (κ1) is 13.3. The summed E-state index contributed by atoms with van der Waals surface area (Å²) in [6.45, 7) is 5.00. The molecule has 6 nitrogen and oxygen atoms in total. The van der Waals surface area contributed by atoms with E-state index in [9.17, 15) is 9.59 Å². The number of carbonyl (C=O) groups is 2. The van der Waals surface area contributed by atoms with Gasteiger partial charge in [-0.1, -0.05) is 0 Å². The van der Waals surface area contributed by atoms with Crippen molar-refractivity contribution < 1.29 is 14.3 Å². The summed E-state index contributed by atoms with van der Waals surface area (Å²) in [7, 11) is 0. The number of nitrogens with zero attached hydrogens (tertiary/aromatic N) is 1. The van der Waals surface area contributed by atoms with Gasteiger partial charge in [0.25, 0.3) is 0 Å². The van der Waals surface area contributed by atoms with Crippen molar-refractivity contribution in [3.8, 4) is 0 Å². The summed E-state index contributed by atoms with van der Waals surface area (Å²) >= 11 is 0. The lowest BCUT2D eigenvalue weighted by molar-refractivity contribution is -0.148. The monoisotopic (exact) mass is 255 g/mol. The highest BCUT2D eigenvalue weighted by molar-refractivity contribution is 5.81. The first-order chi connectivity index (χ1) is 8.63. The molecule has 0 spiro atoms. The van der Waals surface area contributed by atoms with Crippen LogP contribution in [0.25, 0.3) is 0 Å². The molecule has 2 N–H and O–H groups in total. The minimum absolute atomic E-state index is 0.0908. The van der Waals surface area contributed by atoms with Crippen molar-refractivity contribution in [1.82, 2.24) is 15.8 Å². The van der Waals surface area contributed by atoms with Gasteiger partial charge in [-0.25, -0.2) is 5.43 Å². The van der Waals surface area contributed by atoms with Gasteiger partial charge in [0.2, 0.25) is 5.91 Å². The van der Waals surface area contributed by atoms with Gasteiger partial charge in [0.15, 0.2) is 0 Å². The number of ether oxygens (including phenoxy) is 1. The summed E-state index contributed by atoms with van der Waals surface area (Å²) in [4.78, 5) is 23.6. The molecule has 3 atom stereocenters. The van der Waals surface area contributed by atoms with Crippen molar-refractivity contribution in [3.63, 3.8) is 0 Å². The van der Waals surface area contributed by atoms with Crippen LogP contribution in [0.5, 0.6) is 0 Å². The first-order valence-electron chi connectivity index (χ1n) is 6.61. The summed E-state index contributed by atoms with van der Waals surface area (Å²) in [5.74, 6) is -0.293. The van der Waals surface area contributed by atoms with Crippen LogP contribution < -0.4 is 10.7 Å². The van der Waals surface area contributed by atoms with Crippen LogP contribution in [-0.4, -0.2) is 42.2 Å². The number of nitrogens with one attached hydrogen (secondary N) is 2. The number of hydrogen-bond donors (Lipinski definition) is 2.